The maximum atomic E-state index is 10.5. The van der Waals surface area contributed by atoms with E-state index >= 15 is 0 Å². The maximum absolute atomic E-state index is 10.5. The van der Waals surface area contributed by atoms with Crippen LogP contribution in [0.25, 0.3) is 11.5 Å². The van der Waals surface area contributed by atoms with E-state index in [0.29, 0.717) is 10.6 Å². The summed E-state index contributed by atoms with van der Waals surface area (Å²) < 4.78 is 4.74. The van der Waals surface area contributed by atoms with Crippen LogP contribution in [0.3, 0.4) is 0 Å². The lowest BCUT2D eigenvalue weighted by Crippen LogP contribution is -1.98. The lowest BCUT2D eigenvalue weighted by atomic mass is 10.3. The Morgan fingerprint density at radius 3 is 2.93 bits per heavy atom. The third-order valence-corrected chi connectivity index (χ3v) is 2.29. The van der Waals surface area contributed by atoms with Gasteiger partial charge in [0.15, 0.2) is 0 Å². The second-order valence-corrected chi connectivity index (χ2v) is 3.37. The highest BCUT2D eigenvalue weighted by Gasteiger charge is 2.16. The van der Waals surface area contributed by atoms with Gasteiger partial charge in [-0.25, -0.2) is 4.79 Å². The normalized spacial score (nSPS) is 10.3. The van der Waals surface area contributed by atoms with Crippen molar-refractivity contribution in [2.45, 2.75) is 0 Å². The van der Waals surface area contributed by atoms with E-state index in [1.807, 2.05) is 0 Å². The van der Waals surface area contributed by atoms with Crippen LogP contribution in [-0.4, -0.2) is 21.2 Å². The van der Waals surface area contributed by atoms with Gasteiger partial charge in [-0.3, -0.25) is 0 Å². The molecule has 0 saturated heterocycles. The third-order valence-electron chi connectivity index (χ3n) is 1.54. The smallest absolute Gasteiger partial charge is 0.377 e. The molecule has 0 saturated carbocycles. The first-order chi connectivity index (χ1) is 6.68. The molecule has 2 aromatic rings. The van der Waals surface area contributed by atoms with Gasteiger partial charge in [0.05, 0.1) is 10.6 Å². The summed E-state index contributed by atoms with van der Waals surface area (Å²) in [5.74, 6) is -1.47. The zero-order chi connectivity index (χ0) is 10.1. The molecule has 7 heteroatoms. The number of aromatic nitrogens is 2. The van der Waals surface area contributed by atoms with Crippen LogP contribution in [0, 0.1) is 0 Å². The molecule has 0 bridgehead atoms. The van der Waals surface area contributed by atoms with Crippen molar-refractivity contribution in [3.05, 3.63) is 17.3 Å². The lowest BCUT2D eigenvalue weighted by Gasteiger charge is -1.88. The molecule has 0 spiro atoms. The second-order valence-electron chi connectivity index (χ2n) is 2.43. The number of nitrogens with two attached hydrogens (primary N) is 1. The van der Waals surface area contributed by atoms with Crippen molar-refractivity contribution in [3.63, 3.8) is 0 Å². The Balaban J connectivity index is 2.43. The van der Waals surface area contributed by atoms with Gasteiger partial charge in [-0.15, -0.1) is 11.3 Å². The zero-order valence-corrected chi connectivity index (χ0v) is 7.61. The van der Waals surface area contributed by atoms with Gasteiger partial charge in [0, 0.05) is 0 Å². The number of anilines is 1. The zero-order valence-electron chi connectivity index (χ0n) is 6.80. The molecular weight excluding hydrogens is 206 g/mol. The molecule has 72 valence electrons. The predicted molar refractivity (Wildman–Crippen MR) is 49.0 cm³/mol. The summed E-state index contributed by atoms with van der Waals surface area (Å²) in [5, 5.41) is 14.1. The van der Waals surface area contributed by atoms with E-state index in [9.17, 15) is 4.79 Å². The molecule has 0 aliphatic rings. The van der Waals surface area contributed by atoms with Crippen LogP contribution in [0.5, 0.6) is 0 Å². The molecule has 2 rings (SSSR count). The quantitative estimate of drug-likeness (QED) is 0.770. The highest BCUT2D eigenvalue weighted by atomic mass is 32.1. The van der Waals surface area contributed by atoms with Crippen LogP contribution in [-0.2, 0) is 0 Å². The highest BCUT2D eigenvalue weighted by molar-refractivity contribution is 7.14. The van der Waals surface area contributed by atoms with Crippen molar-refractivity contribution in [1.29, 1.82) is 0 Å². The molecule has 0 radical (unpaired) electrons. The molecular formula is C7H5N3O3S. The fourth-order valence-electron chi connectivity index (χ4n) is 0.917. The molecule has 0 fully saturated rings. The van der Waals surface area contributed by atoms with E-state index in [1.165, 1.54) is 11.3 Å². The molecule has 0 unspecified atom stereocenters. The number of aromatic carboxylic acids is 1. The van der Waals surface area contributed by atoms with Crippen molar-refractivity contribution in [2.24, 2.45) is 0 Å². The SMILES string of the molecule is Nc1sccc1-c1nc(C(=O)O)no1. The summed E-state index contributed by atoms with van der Waals surface area (Å²) in [6.07, 6.45) is 0. The van der Waals surface area contributed by atoms with E-state index in [1.54, 1.807) is 11.4 Å². The minimum absolute atomic E-state index is 0.126. The Kier molecular flexibility index (Phi) is 1.93. The molecule has 0 aliphatic heterocycles. The number of carbonyl (C=O) groups is 1. The van der Waals surface area contributed by atoms with Crippen LogP contribution in [0.4, 0.5) is 5.00 Å². The standard InChI is InChI=1S/C7H5N3O3S/c8-4-3(1-2-14-4)6-9-5(7(11)12)10-13-6/h1-2H,8H2,(H,11,12). The summed E-state index contributed by atoms with van der Waals surface area (Å²) in [6.45, 7) is 0. The first kappa shape index (κ1) is 8.70. The third kappa shape index (κ3) is 1.33. The molecule has 14 heavy (non-hydrogen) atoms. The van der Waals surface area contributed by atoms with E-state index in [-0.39, 0.29) is 11.7 Å². The summed E-state index contributed by atoms with van der Waals surface area (Å²) >= 11 is 1.32. The summed E-state index contributed by atoms with van der Waals surface area (Å²) in [7, 11) is 0. The molecule has 0 atom stereocenters. The minimum Gasteiger partial charge on any atom is -0.475 e. The fraction of sp³-hybridized carbons (Fsp3) is 0. The molecule has 0 amide bonds. The fourth-order valence-corrected chi connectivity index (χ4v) is 1.55. The Morgan fingerprint density at radius 1 is 1.64 bits per heavy atom. The predicted octanol–water partition coefficient (Wildman–Crippen LogP) is 1.08. The monoisotopic (exact) mass is 211 g/mol. The number of rotatable bonds is 2. The largest absolute Gasteiger partial charge is 0.475 e. The van der Waals surface area contributed by atoms with Crippen molar-refractivity contribution < 1.29 is 14.4 Å². The summed E-state index contributed by atoms with van der Waals surface area (Å²) in [6, 6.07) is 1.69. The van der Waals surface area contributed by atoms with Crippen LogP contribution in [0.15, 0.2) is 16.0 Å². The number of nitrogen functional groups attached to an aromatic ring is 1. The second kappa shape index (κ2) is 3.11. The first-order valence-corrected chi connectivity index (χ1v) is 4.47. The number of nitrogens with zero attached hydrogens (tertiary/aromatic N) is 2. The molecule has 2 aromatic heterocycles. The molecule has 6 nitrogen and oxygen atoms in total. The van der Waals surface area contributed by atoms with Gasteiger partial charge in [-0.1, -0.05) is 0 Å². The van der Waals surface area contributed by atoms with Gasteiger partial charge in [-0.2, -0.15) is 4.98 Å². The van der Waals surface area contributed by atoms with E-state index in [4.69, 9.17) is 15.4 Å². The Morgan fingerprint density at radius 2 is 2.43 bits per heavy atom. The molecule has 2 heterocycles. The Bertz CT molecular complexity index is 476. The Labute approximate surface area is 82.0 Å². The van der Waals surface area contributed by atoms with E-state index in [2.05, 4.69) is 10.1 Å². The molecule has 0 aliphatic carbocycles. The molecule has 0 aromatic carbocycles. The number of hydrogen-bond acceptors (Lipinski definition) is 6. The summed E-state index contributed by atoms with van der Waals surface area (Å²) in [5.41, 5.74) is 6.17. The van der Waals surface area contributed by atoms with Crippen molar-refractivity contribution in [2.75, 3.05) is 5.73 Å². The average molecular weight is 211 g/mol. The van der Waals surface area contributed by atoms with Gasteiger partial charge in [0.1, 0.15) is 0 Å². The maximum Gasteiger partial charge on any atom is 0.377 e. The summed E-state index contributed by atoms with van der Waals surface area (Å²) in [4.78, 5) is 14.1. The Hall–Kier alpha value is -1.89. The van der Waals surface area contributed by atoms with Gasteiger partial charge in [0.25, 0.3) is 11.7 Å². The number of thiophene rings is 1. The highest BCUT2D eigenvalue weighted by Crippen LogP contribution is 2.28. The van der Waals surface area contributed by atoms with Crippen molar-refractivity contribution >= 4 is 22.3 Å². The van der Waals surface area contributed by atoms with E-state index in [0.717, 1.165) is 0 Å². The number of carboxylic acid groups (broad SMARTS) is 1. The number of carboxylic acids is 1. The van der Waals surface area contributed by atoms with Crippen LogP contribution in [0.1, 0.15) is 10.6 Å². The van der Waals surface area contributed by atoms with Crippen molar-refractivity contribution in [1.82, 2.24) is 10.1 Å². The first-order valence-electron chi connectivity index (χ1n) is 3.59. The van der Waals surface area contributed by atoms with Crippen LogP contribution >= 0.6 is 11.3 Å². The van der Waals surface area contributed by atoms with Gasteiger partial charge < -0.3 is 15.4 Å². The van der Waals surface area contributed by atoms with Crippen molar-refractivity contribution in [3.8, 4) is 11.5 Å². The topological polar surface area (TPSA) is 102 Å². The lowest BCUT2D eigenvalue weighted by molar-refractivity contribution is 0.0680. The van der Waals surface area contributed by atoms with E-state index < -0.39 is 5.97 Å². The van der Waals surface area contributed by atoms with Gasteiger partial charge >= 0.3 is 5.97 Å². The average Bonchev–Trinajstić information content (AvgIpc) is 2.71. The van der Waals surface area contributed by atoms with Gasteiger partial charge in [0.2, 0.25) is 0 Å². The molecule has 3 N–H and O–H groups in total. The number of hydrogen-bond donors (Lipinski definition) is 2. The van der Waals surface area contributed by atoms with Gasteiger partial charge in [-0.05, 0) is 16.6 Å². The van der Waals surface area contributed by atoms with Crippen LogP contribution < -0.4 is 5.73 Å². The minimum atomic E-state index is -1.23. The van der Waals surface area contributed by atoms with Crippen LogP contribution in [0.2, 0.25) is 0 Å².